The molecule has 3 atom stereocenters. The van der Waals surface area contributed by atoms with Crippen molar-refractivity contribution in [1.82, 2.24) is 10.2 Å². The number of nitrogens with zero attached hydrogens (tertiary/aromatic N) is 1. The molecule has 7 nitrogen and oxygen atoms in total. The molecule has 0 aliphatic carbocycles. The molecule has 2 heterocycles. The Balaban J connectivity index is 2.06. The maximum absolute atomic E-state index is 12.2. The zero-order valence-electron chi connectivity index (χ0n) is 12.7. The van der Waals surface area contributed by atoms with E-state index in [1.54, 1.807) is 6.26 Å². The summed E-state index contributed by atoms with van der Waals surface area (Å²) in [5.41, 5.74) is -4.59. The van der Waals surface area contributed by atoms with Crippen LogP contribution in [0.1, 0.15) is 0 Å². The van der Waals surface area contributed by atoms with E-state index < -0.39 is 51.6 Å². The fourth-order valence-electron chi connectivity index (χ4n) is 2.38. The van der Waals surface area contributed by atoms with E-state index in [1.165, 1.54) is 23.5 Å². The highest BCUT2D eigenvalue weighted by atomic mass is 32.2. The lowest BCUT2D eigenvalue weighted by Gasteiger charge is -2.49. The minimum absolute atomic E-state index is 0.146. The van der Waals surface area contributed by atoms with Gasteiger partial charge in [0.2, 0.25) is 0 Å². The molecule has 2 aliphatic rings. The van der Waals surface area contributed by atoms with Crippen molar-refractivity contribution in [3.05, 3.63) is 11.3 Å². The fraction of sp³-hybridized carbons (Fsp3) is 0.583. The largest absolute Gasteiger partial charge is 0.609 e. The summed E-state index contributed by atoms with van der Waals surface area (Å²) in [5, 5.41) is 10.7. The molecule has 2 unspecified atom stereocenters. The Labute approximate surface area is 151 Å². The molecule has 0 aromatic heterocycles. The van der Waals surface area contributed by atoms with Crippen molar-refractivity contribution in [1.29, 1.82) is 0 Å². The maximum atomic E-state index is 12.2. The fourth-order valence-corrected chi connectivity index (χ4v) is 4.93. The van der Waals surface area contributed by atoms with Gasteiger partial charge in [-0.1, -0.05) is 0 Å². The van der Waals surface area contributed by atoms with Gasteiger partial charge in [-0.2, -0.15) is 11.8 Å². The van der Waals surface area contributed by atoms with Crippen molar-refractivity contribution in [3.63, 3.8) is 0 Å². The van der Waals surface area contributed by atoms with Gasteiger partial charge in [-0.15, -0.1) is 24.9 Å². The number of aliphatic carboxylic acids is 1. The lowest BCUT2D eigenvalue weighted by molar-refractivity contribution is -0.150. The molecule has 2 rings (SSSR count). The third-order valence-electron chi connectivity index (χ3n) is 3.41. The summed E-state index contributed by atoms with van der Waals surface area (Å²) < 4.78 is 47.6. The normalized spacial score (nSPS) is 24.5. The predicted molar refractivity (Wildman–Crippen MR) is 87.1 cm³/mol. The zero-order chi connectivity index (χ0) is 18.9. The van der Waals surface area contributed by atoms with Crippen molar-refractivity contribution in [3.8, 4) is 0 Å². The van der Waals surface area contributed by atoms with Gasteiger partial charge in [0.1, 0.15) is 17.1 Å². The summed E-state index contributed by atoms with van der Waals surface area (Å²) in [5.74, 6) is -3.70. The molecule has 2 amide bonds. The maximum Gasteiger partial charge on any atom is 0.573 e. The van der Waals surface area contributed by atoms with Crippen LogP contribution in [0.3, 0.4) is 0 Å². The van der Waals surface area contributed by atoms with E-state index in [2.05, 4.69) is 5.32 Å². The van der Waals surface area contributed by atoms with E-state index in [-0.39, 0.29) is 5.70 Å². The van der Waals surface area contributed by atoms with Crippen LogP contribution in [-0.4, -0.2) is 72.8 Å². The number of hydrogen-bond donors (Lipinski definition) is 2. The molecule has 1 fully saturated rings. The monoisotopic (exact) mass is 418 g/mol. The van der Waals surface area contributed by atoms with E-state index >= 15 is 0 Å². The molecular weight excluding hydrogens is 405 g/mol. The van der Waals surface area contributed by atoms with Crippen LogP contribution in [0.5, 0.6) is 0 Å². The van der Waals surface area contributed by atoms with Gasteiger partial charge in [0.05, 0.1) is 11.2 Å². The number of amides is 2. The van der Waals surface area contributed by atoms with Crippen LogP contribution >= 0.6 is 23.5 Å². The molecule has 1 saturated heterocycles. The molecule has 2 aliphatic heterocycles. The van der Waals surface area contributed by atoms with E-state index in [0.29, 0.717) is 17.1 Å². The number of carboxylic acid groups (broad SMARTS) is 1. The first-order valence-electron chi connectivity index (χ1n) is 6.71. The lowest BCUT2D eigenvalue weighted by Crippen LogP contribution is -2.71. The van der Waals surface area contributed by atoms with Crippen LogP contribution in [0.25, 0.3) is 0 Å². The second kappa shape index (κ2) is 7.68. The number of rotatable bonds is 6. The van der Waals surface area contributed by atoms with Gasteiger partial charge in [-0.05, 0) is 11.8 Å². The Morgan fingerprint density at radius 1 is 1.52 bits per heavy atom. The highest BCUT2D eigenvalue weighted by molar-refractivity contribution is 8.00. The Bertz CT molecular complexity index is 628. The molecule has 13 heteroatoms. The minimum Gasteiger partial charge on any atom is -0.609 e. The number of carboxylic acids is 1. The molecular formula is C12H13F3N2O5S3. The van der Waals surface area contributed by atoms with Gasteiger partial charge in [0, 0.05) is 11.5 Å². The molecule has 0 bridgehead atoms. The van der Waals surface area contributed by atoms with Crippen molar-refractivity contribution in [2.45, 2.75) is 16.9 Å². The SMILES string of the molecule is CSCC1=C(C(=O)O)N2C(=O)C(NC(=O)C[S+]([O-])C(F)(F)F)[C@H]2SC1. The van der Waals surface area contributed by atoms with E-state index in [0.717, 1.165) is 4.90 Å². The number of alkyl halides is 3. The number of hydrogen-bond acceptors (Lipinski definition) is 6. The van der Waals surface area contributed by atoms with Gasteiger partial charge < -0.3 is 15.0 Å². The molecule has 0 aromatic rings. The first kappa shape index (κ1) is 20.3. The topological polar surface area (TPSA) is 110 Å². The Morgan fingerprint density at radius 3 is 2.68 bits per heavy atom. The van der Waals surface area contributed by atoms with Crippen molar-refractivity contribution in [2.24, 2.45) is 0 Å². The average Bonchev–Trinajstić information content (AvgIpc) is 2.51. The number of fused-ring (bicyclic) bond motifs is 1. The summed E-state index contributed by atoms with van der Waals surface area (Å²) in [4.78, 5) is 36.2. The quantitative estimate of drug-likeness (QED) is 0.473. The van der Waals surface area contributed by atoms with Crippen LogP contribution in [0, 0.1) is 0 Å². The van der Waals surface area contributed by atoms with Gasteiger partial charge >= 0.3 is 11.5 Å². The van der Waals surface area contributed by atoms with Crippen LogP contribution in [0.15, 0.2) is 11.3 Å². The van der Waals surface area contributed by atoms with Crippen molar-refractivity contribution >= 4 is 52.5 Å². The van der Waals surface area contributed by atoms with Crippen LogP contribution in [-0.2, 0) is 25.6 Å². The highest BCUT2D eigenvalue weighted by Crippen LogP contribution is 2.40. The highest BCUT2D eigenvalue weighted by Gasteiger charge is 2.54. The summed E-state index contributed by atoms with van der Waals surface area (Å²) >= 11 is -0.741. The predicted octanol–water partition coefficient (Wildman–Crippen LogP) is 0.356. The minimum atomic E-state index is -5.02. The van der Waals surface area contributed by atoms with Gasteiger partial charge in [0.15, 0.2) is 5.75 Å². The number of carbonyl (C=O) groups is 3. The Hall–Kier alpha value is -1.05. The molecule has 0 saturated carbocycles. The lowest BCUT2D eigenvalue weighted by atomic mass is 10.0. The van der Waals surface area contributed by atoms with E-state index in [9.17, 15) is 37.2 Å². The molecule has 2 N–H and O–H groups in total. The van der Waals surface area contributed by atoms with Crippen LogP contribution in [0.2, 0.25) is 0 Å². The second-order valence-electron chi connectivity index (χ2n) is 5.08. The van der Waals surface area contributed by atoms with Crippen LogP contribution in [0.4, 0.5) is 13.2 Å². The van der Waals surface area contributed by atoms with E-state index in [4.69, 9.17) is 0 Å². The second-order valence-corrected chi connectivity index (χ2v) is 8.49. The van der Waals surface area contributed by atoms with Gasteiger partial charge in [-0.3, -0.25) is 14.5 Å². The van der Waals surface area contributed by atoms with Crippen LogP contribution < -0.4 is 5.32 Å². The molecule has 0 spiro atoms. The first-order chi connectivity index (χ1) is 11.6. The van der Waals surface area contributed by atoms with Gasteiger partial charge in [0.25, 0.3) is 11.8 Å². The number of thioether (sulfide) groups is 2. The number of nitrogens with one attached hydrogen (secondary N) is 1. The average molecular weight is 418 g/mol. The smallest absolute Gasteiger partial charge is 0.573 e. The summed E-state index contributed by atoms with van der Waals surface area (Å²) in [6, 6.07) is -1.13. The first-order valence-corrected chi connectivity index (χ1v) is 10.5. The molecule has 0 aromatic carbocycles. The zero-order valence-corrected chi connectivity index (χ0v) is 15.1. The number of carbonyl (C=O) groups excluding carboxylic acids is 2. The van der Waals surface area contributed by atoms with Gasteiger partial charge in [-0.25, -0.2) is 4.79 Å². The summed E-state index contributed by atoms with van der Waals surface area (Å²) in [7, 11) is 0. The Kier molecular flexibility index (Phi) is 6.22. The number of halogens is 3. The third kappa shape index (κ3) is 4.20. The Morgan fingerprint density at radius 2 is 2.16 bits per heavy atom. The van der Waals surface area contributed by atoms with Crippen molar-refractivity contribution < 1.29 is 37.2 Å². The summed E-state index contributed by atoms with van der Waals surface area (Å²) in [6.07, 6.45) is 1.78. The molecule has 140 valence electrons. The third-order valence-corrected chi connectivity index (χ3v) is 6.42. The molecule has 0 radical (unpaired) electrons. The summed E-state index contributed by atoms with van der Waals surface area (Å²) in [6.45, 7) is 0. The standard InChI is InChI=1S/C12H13F3N2O5S3/c1-23-2-5-3-24-10-7(9(19)17(10)8(5)11(20)21)16-6(18)4-25(22)12(13,14)15/h7,10H,2-4H2,1H3,(H,16,18)(H,20,21)/t7?,10-,25?/m1/s1. The molecule has 25 heavy (non-hydrogen) atoms. The van der Waals surface area contributed by atoms with Crippen molar-refractivity contribution in [2.75, 3.05) is 23.5 Å². The van der Waals surface area contributed by atoms with E-state index in [1.807, 2.05) is 0 Å². The number of β-lactam (4-membered cyclic amide) rings is 1.